The van der Waals surface area contributed by atoms with Crippen molar-refractivity contribution in [2.75, 3.05) is 13.1 Å². The van der Waals surface area contributed by atoms with Crippen LogP contribution in [0, 0.1) is 6.92 Å². The highest BCUT2D eigenvalue weighted by Crippen LogP contribution is 2.36. The molecule has 0 spiro atoms. The Kier molecular flexibility index (Phi) is 6.90. The number of thiophene rings is 1. The molecule has 3 heterocycles. The average molecular weight is 486 g/mol. The number of hydrogen-bond donors (Lipinski definition) is 0. The maximum Gasteiger partial charge on any atom is 0.268 e. The molecule has 0 saturated heterocycles. The Morgan fingerprint density at radius 2 is 2.06 bits per heavy atom. The van der Waals surface area contributed by atoms with Gasteiger partial charge in [-0.05, 0) is 38.0 Å². The number of aromatic nitrogens is 4. The van der Waals surface area contributed by atoms with Gasteiger partial charge in [0.25, 0.3) is 11.4 Å². The summed E-state index contributed by atoms with van der Waals surface area (Å²) in [5.41, 5.74) is 1.10. The maximum atomic E-state index is 13.2. The summed E-state index contributed by atoms with van der Waals surface area (Å²) in [6.45, 7) is 7.09. The fourth-order valence-electron chi connectivity index (χ4n) is 3.60. The van der Waals surface area contributed by atoms with E-state index in [0.29, 0.717) is 56.0 Å². The summed E-state index contributed by atoms with van der Waals surface area (Å²) in [4.78, 5) is 37.8. The first-order valence-electron chi connectivity index (χ1n) is 10.8. The maximum absolute atomic E-state index is 13.2. The quantitative estimate of drug-likeness (QED) is 0.356. The third-order valence-electron chi connectivity index (χ3n) is 5.47. The number of amides is 1. The minimum Gasteiger partial charge on any atom is -0.341 e. The van der Waals surface area contributed by atoms with Crippen LogP contribution in [0.4, 0.5) is 0 Å². The number of fused-ring (bicyclic) bond motifs is 1. The Morgan fingerprint density at radius 3 is 2.79 bits per heavy atom. The summed E-state index contributed by atoms with van der Waals surface area (Å²) in [6.07, 6.45) is 3.36. The van der Waals surface area contributed by atoms with E-state index >= 15 is 0 Å². The van der Waals surface area contributed by atoms with Crippen molar-refractivity contribution in [2.45, 2.75) is 40.2 Å². The number of nitrogens with zero attached hydrogens (tertiary/aromatic N) is 5. The number of benzene rings is 1. The number of halogens is 1. The summed E-state index contributed by atoms with van der Waals surface area (Å²) in [7, 11) is 0. The van der Waals surface area contributed by atoms with Crippen LogP contribution in [0.2, 0.25) is 5.02 Å². The Hall–Kier alpha value is -3.04. The van der Waals surface area contributed by atoms with Gasteiger partial charge in [-0.3, -0.25) is 14.2 Å². The average Bonchev–Trinajstić information content (AvgIpc) is 3.41. The van der Waals surface area contributed by atoms with Crippen molar-refractivity contribution in [3.63, 3.8) is 0 Å². The van der Waals surface area contributed by atoms with Gasteiger partial charge in [-0.25, -0.2) is 4.98 Å². The predicted octanol–water partition coefficient (Wildman–Crippen LogP) is 4.79. The molecule has 1 amide bonds. The molecule has 4 aromatic rings. The molecule has 172 valence electrons. The number of likely N-dealkylation sites (N-methyl/N-ethyl adjacent to an activating group) is 1. The molecule has 0 aliphatic carbocycles. The zero-order chi connectivity index (χ0) is 23.5. The molecular formula is C23H24ClN5O3S. The van der Waals surface area contributed by atoms with Gasteiger partial charge in [0.05, 0.1) is 21.6 Å². The van der Waals surface area contributed by atoms with E-state index < -0.39 is 0 Å². The largest absolute Gasteiger partial charge is 0.341 e. The lowest BCUT2D eigenvalue weighted by molar-refractivity contribution is -0.131. The van der Waals surface area contributed by atoms with Crippen LogP contribution >= 0.6 is 22.9 Å². The van der Waals surface area contributed by atoms with Crippen molar-refractivity contribution in [1.29, 1.82) is 0 Å². The van der Waals surface area contributed by atoms with E-state index in [2.05, 4.69) is 22.0 Å². The molecule has 0 bridgehead atoms. The van der Waals surface area contributed by atoms with Gasteiger partial charge in [-0.2, -0.15) is 4.98 Å². The molecule has 33 heavy (non-hydrogen) atoms. The standard InChI is InChI=1S/C23H24ClN5O3S/c1-4-6-11-28(5-2)17(30)12-29-13-25-22-18(23(29)31)14(3)19(33-22)21-26-20(27-32-21)15-9-7-8-10-16(15)24/h7-10,13H,4-6,11-12H2,1-3H3. The summed E-state index contributed by atoms with van der Waals surface area (Å²) >= 11 is 7.55. The van der Waals surface area contributed by atoms with Crippen LogP contribution in [0.1, 0.15) is 32.3 Å². The van der Waals surface area contributed by atoms with Crippen LogP contribution in [0.15, 0.2) is 39.9 Å². The zero-order valence-electron chi connectivity index (χ0n) is 18.7. The predicted molar refractivity (Wildman–Crippen MR) is 130 cm³/mol. The third-order valence-corrected chi connectivity index (χ3v) is 6.99. The molecular weight excluding hydrogens is 462 g/mol. The molecule has 1 aromatic carbocycles. The highest BCUT2D eigenvalue weighted by molar-refractivity contribution is 7.22. The molecule has 0 saturated carbocycles. The van der Waals surface area contributed by atoms with E-state index in [4.69, 9.17) is 16.1 Å². The molecule has 0 unspecified atom stereocenters. The van der Waals surface area contributed by atoms with Gasteiger partial charge >= 0.3 is 0 Å². The topological polar surface area (TPSA) is 94.1 Å². The number of aryl methyl sites for hydroxylation is 1. The number of hydrogen-bond acceptors (Lipinski definition) is 7. The summed E-state index contributed by atoms with van der Waals surface area (Å²) < 4.78 is 6.85. The van der Waals surface area contributed by atoms with Gasteiger partial charge in [-0.15, -0.1) is 11.3 Å². The molecule has 0 fully saturated rings. The van der Waals surface area contributed by atoms with Gasteiger partial charge in [-0.1, -0.05) is 42.2 Å². The first-order valence-corrected chi connectivity index (χ1v) is 12.0. The molecule has 10 heteroatoms. The number of unbranched alkanes of at least 4 members (excludes halogenated alkanes) is 1. The van der Waals surface area contributed by atoms with Crippen molar-refractivity contribution in [3.8, 4) is 22.2 Å². The molecule has 0 N–H and O–H groups in total. The van der Waals surface area contributed by atoms with Gasteiger partial charge < -0.3 is 9.42 Å². The smallest absolute Gasteiger partial charge is 0.268 e. The monoisotopic (exact) mass is 485 g/mol. The van der Waals surface area contributed by atoms with Gasteiger partial charge in [0.1, 0.15) is 11.4 Å². The molecule has 0 radical (unpaired) electrons. The Labute approximate surface area is 199 Å². The van der Waals surface area contributed by atoms with Crippen molar-refractivity contribution < 1.29 is 9.32 Å². The van der Waals surface area contributed by atoms with Crippen molar-refractivity contribution >= 4 is 39.1 Å². The zero-order valence-corrected chi connectivity index (χ0v) is 20.2. The lowest BCUT2D eigenvalue weighted by Crippen LogP contribution is -2.37. The van der Waals surface area contributed by atoms with Crippen LogP contribution < -0.4 is 5.56 Å². The highest BCUT2D eigenvalue weighted by atomic mass is 35.5. The van der Waals surface area contributed by atoms with Gasteiger partial charge in [0, 0.05) is 18.7 Å². The normalized spacial score (nSPS) is 11.3. The van der Waals surface area contributed by atoms with Crippen LogP contribution in [0.5, 0.6) is 0 Å². The number of carbonyl (C=O) groups is 1. The fourth-order valence-corrected chi connectivity index (χ4v) is 4.88. The van der Waals surface area contributed by atoms with E-state index in [1.807, 2.05) is 32.0 Å². The minimum atomic E-state index is -0.259. The fraction of sp³-hybridized carbons (Fsp3) is 0.348. The lowest BCUT2D eigenvalue weighted by Gasteiger charge is -2.20. The third kappa shape index (κ3) is 4.56. The second-order valence-electron chi connectivity index (χ2n) is 7.64. The molecule has 0 aliphatic rings. The Balaban J connectivity index is 1.66. The second kappa shape index (κ2) is 9.84. The van der Waals surface area contributed by atoms with Crippen LogP contribution in [-0.2, 0) is 11.3 Å². The lowest BCUT2D eigenvalue weighted by atomic mass is 10.2. The van der Waals surface area contributed by atoms with Crippen LogP contribution in [0.25, 0.3) is 32.4 Å². The minimum absolute atomic E-state index is 0.0405. The molecule has 8 nitrogen and oxygen atoms in total. The summed E-state index contributed by atoms with van der Waals surface area (Å²) in [5.74, 6) is 0.572. The summed E-state index contributed by atoms with van der Waals surface area (Å²) in [5, 5.41) is 5.03. The first-order chi connectivity index (χ1) is 15.9. The van der Waals surface area contributed by atoms with Crippen molar-refractivity contribution in [1.82, 2.24) is 24.6 Å². The molecule has 0 atom stereocenters. The Bertz CT molecular complexity index is 1360. The van der Waals surface area contributed by atoms with E-state index in [1.165, 1.54) is 22.2 Å². The van der Waals surface area contributed by atoms with E-state index in [0.717, 1.165) is 12.8 Å². The van der Waals surface area contributed by atoms with Crippen molar-refractivity contribution in [2.24, 2.45) is 0 Å². The number of rotatable bonds is 8. The van der Waals surface area contributed by atoms with Crippen LogP contribution in [0.3, 0.4) is 0 Å². The van der Waals surface area contributed by atoms with Crippen molar-refractivity contribution in [3.05, 3.63) is 51.5 Å². The van der Waals surface area contributed by atoms with Gasteiger partial charge in [0.2, 0.25) is 11.7 Å². The SMILES string of the molecule is CCCCN(CC)C(=O)Cn1cnc2sc(-c3nc(-c4ccccc4Cl)no3)c(C)c2c1=O. The summed E-state index contributed by atoms with van der Waals surface area (Å²) in [6, 6.07) is 7.24. The van der Waals surface area contributed by atoms with E-state index in [1.54, 1.807) is 11.0 Å². The Morgan fingerprint density at radius 1 is 1.27 bits per heavy atom. The number of carbonyl (C=O) groups excluding carboxylic acids is 1. The van der Waals surface area contributed by atoms with E-state index in [-0.39, 0.29) is 18.0 Å². The van der Waals surface area contributed by atoms with Crippen LogP contribution in [-0.4, -0.2) is 43.6 Å². The second-order valence-corrected chi connectivity index (χ2v) is 9.05. The van der Waals surface area contributed by atoms with Gasteiger partial charge in [0.15, 0.2) is 0 Å². The molecule has 0 aliphatic heterocycles. The highest BCUT2D eigenvalue weighted by Gasteiger charge is 2.22. The first kappa shape index (κ1) is 23.1. The van der Waals surface area contributed by atoms with E-state index in [9.17, 15) is 9.59 Å². The molecule has 3 aromatic heterocycles. The molecule has 4 rings (SSSR count).